The van der Waals surface area contributed by atoms with E-state index in [1.807, 2.05) is 0 Å². The molecule has 0 bridgehead atoms. The van der Waals surface area contributed by atoms with Gasteiger partial charge < -0.3 is 4.90 Å². The van der Waals surface area contributed by atoms with Crippen LogP contribution in [-0.4, -0.2) is 19.5 Å². The molecule has 1 N–H and O–H groups in total. The van der Waals surface area contributed by atoms with E-state index in [4.69, 9.17) is 10.5 Å². The van der Waals surface area contributed by atoms with Crippen molar-refractivity contribution in [3.8, 4) is 0 Å². The first kappa shape index (κ1) is 27.1. The highest BCUT2D eigenvalue weighted by molar-refractivity contribution is 7.47. The Kier molecular flexibility index (Phi) is 21.3. The Morgan fingerprint density at radius 3 is 1.10 bits per heavy atom. The van der Waals surface area contributed by atoms with E-state index < -0.39 is 7.82 Å². The summed E-state index contributed by atoms with van der Waals surface area (Å²) >= 11 is 0. The predicted octanol–water partition coefficient (Wildman–Crippen LogP) is 8.96. The molecule has 29 heavy (non-hydrogen) atoms. The fourth-order valence-electron chi connectivity index (χ4n) is 3.57. The Labute approximate surface area is 183 Å². The third kappa shape index (κ3) is 24.3. The van der Waals surface area contributed by atoms with Gasteiger partial charge in [-0.3, -0.25) is 9.05 Å². The van der Waals surface area contributed by atoms with Gasteiger partial charge in [0.25, 0.3) is 0 Å². The van der Waals surface area contributed by atoms with Gasteiger partial charge in [-0.1, -0.05) is 129 Å². The van der Waals surface area contributed by atoms with Crippen molar-refractivity contribution in [3.05, 3.63) is 0 Å². The molecule has 0 aromatic carbocycles. The van der Waals surface area contributed by atoms with Crippen LogP contribution >= 0.6 is 7.82 Å². The first-order valence-electron chi connectivity index (χ1n) is 13.1. The average molecular weight is 437 g/mol. The Bertz CT molecular complexity index is 352. The van der Waals surface area contributed by atoms with E-state index in [0.29, 0.717) is 13.2 Å². The normalized spacial score (nSPS) is 12.4. The standard InChI is InChI=1S/C24H51O4P/c1-3-5-7-9-11-13-15-17-19-21-23-27-29(25,26)28-24-22-20-18-16-14-12-10-8-6-4-2/h3-24H2,1-2H3,(H,25,26)/i/hT. The smallest absolute Gasteiger partial charge is 0.302 e. The van der Waals surface area contributed by atoms with Gasteiger partial charge in [0.15, 0.2) is 0 Å². The zero-order chi connectivity index (χ0) is 22.2. The Morgan fingerprint density at radius 1 is 0.552 bits per heavy atom. The van der Waals surface area contributed by atoms with Crippen molar-refractivity contribution < 1.29 is 18.5 Å². The highest BCUT2D eigenvalue weighted by Gasteiger charge is 2.19. The summed E-state index contributed by atoms with van der Waals surface area (Å²) in [6.07, 6.45) is 24.7. The van der Waals surface area contributed by atoms with Crippen molar-refractivity contribution in [2.75, 3.05) is 13.2 Å². The molecule has 0 rings (SSSR count). The minimum atomic E-state index is -3.69. The van der Waals surface area contributed by atoms with Gasteiger partial charge >= 0.3 is 7.82 Å². The average Bonchev–Trinajstić information content (AvgIpc) is 2.76. The molecule has 4 nitrogen and oxygen atoms in total. The molecule has 0 aromatic heterocycles. The number of rotatable bonds is 25. The van der Waals surface area contributed by atoms with Crippen molar-refractivity contribution in [3.63, 3.8) is 0 Å². The van der Waals surface area contributed by atoms with E-state index in [2.05, 4.69) is 18.7 Å². The highest BCUT2D eigenvalue weighted by Crippen LogP contribution is 2.43. The fourth-order valence-corrected chi connectivity index (χ4v) is 4.35. The Balaban J connectivity index is 3.46. The number of phosphoric ester groups is 1. The van der Waals surface area contributed by atoms with Crippen LogP contribution in [0.3, 0.4) is 0 Å². The Morgan fingerprint density at radius 2 is 0.828 bits per heavy atom. The largest absolute Gasteiger partial charge is 0.472 e. The van der Waals surface area contributed by atoms with Crippen LogP contribution < -0.4 is 0 Å². The summed E-state index contributed by atoms with van der Waals surface area (Å²) in [6, 6.07) is 0. The molecule has 0 saturated carbocycles. The summed E-state index contributed by atoms with van der Waals surface area (Å²) in [7, 11) is -3.69. The number of hydrogen-bond donors (Lipinski definition) is 1. The molecule has 0 radical (unpaired) electrons. The van der Waals surface area contributed by atoms with Gasteiger partial charge in [-0.15, -0.1) is 0 Å². The second-order valence-corrected chi connectivity index (χ2v) is 9.89. The van der Waals surface area contributed by atoms with E-state index in [1.165, 1.54) is 103 Å². The first-order chi connectivity index (χ1) is 14.7. The van der Waals surface area contributed by atoms with Crippen molar-refractivity contribution in [1.29, 1.82) is 1.43 Å². The monoisotopic (exact) mass is 436 g/mol. The van der Waals surface area contributed by atoms with Crippen LogP contribution in [0, 0.1) is 0 Å². The van der Waals surface area contributed by atoms with E-state index in [9.17, 15) is 4.57 Å². The summed E-state index contributed by atoms with van der Waals surface area (Å²) in [5.41, 5.74) is 0. The van der Waals surface area contributed by atoms with Gasteiger partial charge in [0.2, 0.25) is 1.43 Å². The zero-order valence-electron chi connectivity index (χ0n) is 20.6. The van der Waals surface area contributed by atoms with Crippen LogP contribution in [0.2, 0.25) is 0 Å². The molecular formula is C24H51O4P. The lowest BCUT2D eigenvalue weighted by atomic mass is 10.1. The lowest BCUT2D eigenvalue weighted by molar-refractivity contribution is 0.145. The van der Waals surface area contributed by atoms with E-state index in [1.54, 1.807) is 0 Å². The molecule has 0 atom stereocenters. The van der Waals surface area contributed by atoms with Gasteiger partial charge in [-0.05, 0) is 12.8 Å². The van der Waals surface area contributed by atoms with E-state index in [-0.39, 0.29) is 0 Å². The van der Waals surface area contributed by atoms with Gasteiger partial charge in [0.05, 0.1) is 13.2 Å². The summed E-state index contributed by atoms with van der Waals surface area (Å²) in [5.74, 6) is 0. The fraction of sp³-hybridized carbons (Fsp3) is 1.00. The molecule has 5 heteroatoms. The van der Waals surface area contributed by atoms with Crippen LogP contribution in [0.25, 0.3) is 0 Å². The molecule has 0 aromatic rings. The summed E-state index contributed by atoms with van der Waals surface area (Å²) in [4.78, 5) is 4.28. The molecule has 176 valence electrons. The quantitative estimate of drug-likeness (QED) is 0.115. The zero-order valence-corrected chi connectivity index (χ0v) is 20.5. The summed E-state index contributed by atoms with van der Waals surface area (Å²) in [6.45, 7) is 5.17. The van der Waals surface area contributed by atoms with Crippen LogP contribution in [0.15, 0.2) is 0 Å². The lowest BCUT2D eigenvalue weighted by Crippen LogP contribution is -1.99. The van der Waals surface area contributed by atoms with Crippen molar-refractivity contribution in [1.82, 2.24) is 0 Å². The maximum Gasteiger partial charge on any atom is 0.472 e. The Hall–Kier alpha value is 0.110. The topological polar surface area (TPSA) is 55.8 Å². The lowest BCUT2D eigenvalue weighted by Gasteiger charge is -2.12. The molecule has 0 aliphatic carbocycles. The van der Waals surface area contributed by atoms with Crippen LogP contribution in [0.1, 0.15) is 142 Å². The molecule has 0 fully saturated rings. The molecule has 0 aliphatic heterocycles. The van der Waals surface area contributed by atoms with Crippen LogP contribution in [0.5, 0.6) is 0 Å². The molecule has 0 aliphatic rings. The second-order valence-electron chi connectivity index (χ2n) is 8.48. The number of phosphoric acid groups is 1. The van der Waals surface area contributed by atoms with Crippen molar-refractivity contribution >= 4 is 7.82 Å². The molecule has 0 saturated heterocycles. The highest BCUT2D eigenvalue weighted by atomic mass is 31.2. The predicted molar refractivity (Wildman–Crippen MR) is 125 cm³/mol. The third-order valence-electron chi connectivity index (χ3n) is 5.49. The molecule has 0 unspecified atom stereocenters. The third-order valence-corrected chi connectivity index (χ3v) is 6.49. The van der Waals surface area contributed by atoms with Crippen LogP contribution in [-0.2, 0) is 13.6 Å². The second kappa shape index (κ2) is 22.8. The van der Waals surface area contributed by atoms with E-state index >= 15 is 0 Å². The molecule has 0 spiro atoms. The molecular weight excluding hydrogens is 383 g/mol. The van der Waals surface area contributed by atoms with Gasteiger partial charge in [-0.2, -0.15) is 0 Å². The first-order valence-corrected chi connectivity index (χ1v) is 14.2. The number of unbranched alkanes of at least 4 members (excludes halogenated alkanes) is 18. The minimum Gasteiger partial charge on any atom is -0.302 e. The van der Waals surface area contributed by atoms with Crippen LogP contribution in [0.4, 0.5) is 0 Å². The minimum absolute atomic E-state index is 0.338. The van der Waals surface area contributed by atoms with E-state index in [0.717, 1.165) is 25.7 Å². The molecule has 0 heterocycles. The van der Waals surface area contributed by atoms with Gasteiger partial charge in [0.1, 0.15) is 0 Å². The molecule has 0 amide bonds. The maximum absolute atomic E-state index is 12.2. The summed E-state index contributed by atoms with van der Waals surface area (Å²) < 4.78 is 29.8. The maximum atomic E-state index is 12.2. The summed E-state index contributed by atoms with van der Waals surface area (Å²) in [5, 5.41) is 0. The SMILES string of the molecule is [3H]OP(=O)(OCCCCCCCCCCCC)OCCCCCCCCCCCC. The van der Waals surface area contributed by atoms with Gasteiger partial charge in [0, 0.05) is 0 Å². The number of hydrogen-bond acceptors (Lipinski definition) is 4. The van der Waals surface area contributed by atoms with Crippen molar-refractivity contribution in [2.45, 2.75) is 142 Å². The van der Waals surface area contributed by atoms with Gasteiger partial charge in [-0.25, -0.2) is 4.57 Å². The van der Waals surface area contributed by atoms with Crippen molar-refractivity contribution in [2.24, 2.45) is 0 Å².